The summed E-state index contributed by atoms with van der Waals surface area (Å²) in [6.07, 6.45) is -0.141. The molecule has 114 valence electrons. The number of carbonyl (C=O) groups excluding carboxylic acids is 1. The van der Waals surface area contributed by atoms with Gasteiger partial charge in [0.15, 0.2) is 0 Å². The number of methoxy groups -OCH3 is 1. The van der Waals surface area contributed by atoms with E-state index in [-0.39, 0.29) is 56.1 Å². The number of halogens is 2. The zero-order valence-corrected chi connectivity index (χ0v) is 12.1. The molecular formula is C13H20ClFN2O3. The summed E-state index contributed by atoms with van der Waals surface area (Å²) in [6, 6.07) is 4.45. The Morgan fingerprint density at radius 2 is 2.25 bits per heavy atom. The number of carbonyl (C=O) groups is 1. The first-order chi connectivity index (χ1) is 9.10. The summed E-state index contributed by atoms with van der Waals surface area (Å²) in [4.78, 5) is 11.6. The lowest BCUT2D eigenvalue weighted by Gasteiger charge is -2.12. The van der Waals surface area contributed by atoms with Gasteiger partial charge in [0.05, 0.1) is 19.1 Å². The highest BCUT2D eigenvalue weighted by Crippen LogP contribution is 2.10. The molecule has 1 aromatic rings. The van der Waals surface area contributed by atoms with Gasteiger partial charge < -0.3 is 20.9 Å². The second-order valence-electron chi connectivity index (χ2n) is 4.16. The fraction of sp³-hybridized carbons (Fsp3) is 0.462. The third kappa shape index (κ3) is 5.83. The van der Waals surface area contributed by atoms with Gasteiger partial charge in [-0.05, 0) is 11.6 Å². The van der Waals surface area contributed by atoms with Crippen LogP contribution >= 0.6 is 12.4 Å². The largest absolute Gasteiger partial charge is 0.392 e. The molecule has 0 saturated heterocycles. The molecule has 0 radical (unpaired) electrons. The average Bonchev–Trinajstić information content (AvgIpc) is 2.42. The molecule has 1 rings (SSSR count). The molecule has 4 N–H and O–H groups in total. The molecule has 1 atom stereocenters. The lowest BCUT2D eigenvalue weighted by Crippen LogP contribution is -2.31. The fourth-order valence-corrected chi connectivity index (χ4v) is 1.57. The van der Waals surface area contributed by atoms with E-state index in [0.29, 0.717) is 5.56 Å². The summed E-state index contributed by atoms with van der Waals surface area (Å²) in [6.45, 7) is 0.150. The van der Waals surface area contributed by atoms with Crippen LogP contribution in [0.2, 0.25) is 0 Å². The maximum atomic E-state index is 13.4. The molecule has 0 aliphatic rings. The Bertz CT molecular complexity index is 428. The van der Waals surface area contributed by atoms with Crippen molar-refractivity contribution in [1.29, 1.82) is 0 Å². The minimum absolute atomic E-state index is 0. The first-order valence-corrected chi connectivity index (χ1v) is 5.98. The molecule has 0 fully saturated rings. The van der Waals surface area contributed by atoms with Crippen molar-refractivity contribution in [3.8, 4) is 0 Å². The number of rotatable bonds is 7. The first-order valence-electron chi connectivity index (χ1n) is 5.98. The normalized spacial score (nSPS) is 11.6. The summed E-state index contributed by atoms with van der Waals surface area (Å²) in [5, 5.41) is 11.5. The molecule has 0 aliphatic heterocycles. The zero-order chi connectivity index (χ0) is 14.3. The van der Waals surface area contributed by atoms with Crippen molar-refractivity contribution in [3.05, 3.63) is 35.1 Å². The second-order valence-corrected chi connectivity index (χ2v) is 4.16. The Labute approximate surface area is 123 Å². The van der Waals surface area contributed by atoms with E-state index >= 15 is 0 Å². The van der Waals surface area contributed by atoms with Crippen LogP contribution in [0.25, 0.3) is 0 Å². The number of ether oxygens (including phenoxy) is 1. The highest BCUT2D eigenvalue weighted by Gasteiger charge is 2.11. The van der Waals surface area contributed by atoms with Gasteiger partial charge in [-0.1, -0.05) is 12.1 Å². The minimum atomic E-state index is -0.481. The highest BCUT2D eigenvalue weighted by atomic mass is 35.5. The smallest absolute Gasteiger partial charge is 0.222 e. The van der Waals surface area contributed by atoms with Crippen molar-refractivity contribution >= 4 is 18.3 Å². The summed E-state index contributed by atoms with van der Waals surface area (Å²) < 4.78 is 18.4. The van der Waals surface area contributed by atoms with Crippen molar-refractivity contribution in [3.63, 3.8) is 0 Å². The van der Waals surface area contributed by atoms with Crippen LogP contribution < -0.4 is 11.1 Å². The van der Waals surface area contributed by atoms with Crippen LogP contribution in [0.15, 0.2) is 18.2 Å². The van der Waals surface area contributed by atoms with Crippen molar-refractivity contribution in [2.45, 2.75) is 25.7 Å². The average molecular weight is 307 g/mol. The van der Waals surface area contributed by atoms with Crippen molar-refractivity contribution in [2.75, 3.05) is 13.7 Å². The van der Waals surface area contributed by atoms with Gasteiger partial charge in [0.2, 0.25) is 5.91 Å². The van der Waals surface area contributed by atoms with E-state index in [1.54, 1.807) is 6.07 Å². The fourth-order valence-electron chi connectivity index (χ4n) is 1.57. The van der Waals surface area contributed by atoms with Gasteiger partial charge in [-0.25, -0.2) is 4.39 Å². The minimum Gasteiger partial charge on any atom is -0.392 e. The third-order valence-electron chi connectivity index (χ3n) is 2.79. The summed E-state index contributed by atoms with van der Waals surface area (Å²) in [5.74, 6) is -0.685. The molecule has 0 spiro atoms. The van der Waals surface area contributed by atoms with Crippen LogP contribution in [0, 0.1) is 5.82 Å². The predicted molar refractivity (Wildman–Crippen MR) is 75.9 cm³/mol. The van der Waals surface area contributed by atoms with Crippen molar-refractivity contribution in [1.82, 2.24) is 5.32 Å². The number of nitrogens with one attached hydrogen (secondary N) is 1. The van der Waals surface area contributed by atoms with Gasteiger partial charge >= 0.3 is 0 Å². The maximum Gasteiger partial charge on any atom is 0.222 e. The van der Waals surface area contributed by atoms with Gasteiger partial charge in [0.25, 0.3) is 0 Å². The van der Waals surface area contributed by atoms with Crippen LogP contribution in [0.1, 0.15) is 17.5 Å². The van der Waals surface area contributed by atoms with Crippen LogP contribution in [0.3, 0.4) is 0 Å². The number of benzene rings is 1. The van der Waals surface area contributed by atoms with Gasteiger partial charge in [0, 0.05) is 25.8 Å². The Kier molecular flexibility index (Phi) is 9.07. The molecule has 0 heterocycles. The van der Waals surface area contributed by atoms with Crippen LogP contribution in [0.4, 0.5) is 4.39 Å². The van der Waals surface area contributed by atoms with E-state index in [1.165, 1.54) is 19.2 Å². The Morgan fingerprint density at radius 1 is 1.55 bits per heavy atom. The molecule has 20 heavy (non-hydrogen) atoms. The number of nitrogens with two attached hydrogens (primary N) is 1. The highest BCUT2D eigenvalue weighted by molar-refractivity contribution is 5.85. The molecule has 5 nitrogen and oxygen atoms in total. The number of aliphatic hydroxyl groups is 1. The Hall–Kier alpha value is -1.21. The summed E-state index contributed by atoms with van der Waals surface area (Å²) in [5.41, 5.74) is 6.28. The molecule has 1 amide bonds. The number of amides is 1. The topological polar surface area (TPSA) is 84.6 Å². The second kappa shape index (κ2) is 9.66. The zero-order valence-electron chi connectivity index (χ0n) is 11.3. The molecular weight excluding hydrogens is 287 g/mol. The lowest BCUT2D eigenvalue weighted by atomic mass is 10.1. The monoisotopic (exact) mass is 306 g/mol. The van der Waals surface area contributed by atoms with E-state index in [4.69, 9.17) is 15.6 Å². The number of hydrogen-bond donors (Lipinski definition) is 3. The number of aliphatic hydroxyl groups excluding tert-OH is 1. The summed E-state index contributed by atoms with van der Waals surface area (Å²) >= 11 is 0. The molecule has 0 bridgehead atoms. The van der Waals surface area contributed by atoms with E-state index in [9.17, 15) is 9.18 Å². The van der Waals surface area contributed by atoms with Gasteiger partial charge in [-0.15, -0.1) is 12.4 Å². The lowest BCUT2D eigenvalue weighted by molar-refractivity contribution is -0.123. The Morgan fingerprint density at radius 3 is 2.75 bits per heavy atom. The van der Waals surface area contributed by atoms with Crippen molar-refractivity contribution < 1.29 is 19.0 Å². The third-order valence-corrected chi connectivity index (χ3v) is 2.79. The molecule has 1 aromatic carbocycles. The summed E-state index contributed by atoms with van der Waals surface area (Å²) in [7, 11) is 1.49. The van der Waals surface area contributed by atoms with Gasteiger partial charge in [-0.2, -0.15) is 0 Å². The molecule has 0 aliphatic carbocycles. The SMILES string of the molecule is COC(CN)CC(=O)NCc1ccc(CO)c(F)c1.Cl. The van der Waals surface area contributed by atoms with Gasteiger partial charge in [-0.3, -0.25) is 4.79 Å². The van der Waals surface area contributed by atoms with E-state index in [2.05, 4.69) is 5.32 Å². The predicted octanol–water partition coefficient (Wildman–Crippen LogP) is 0.720. The van der Waals surface area contributed by atoms with E-state index < -0.39 is 5.82 Å². The maximum absolute atomic E-state index is 13.4. The molecule has 7 heteroatoms. The standard InChI is InChI=1S/C13H19FN2O3.ClH/c1-19-11(6-15)5-13(18)16-7-9-2-3-10(8-17)12(14)4-9;/h2-4,11,17H,5-8,15H2,1H3,(H,16,18);1H. The van der Waals surface area contributed by atoms with E-state index in [1.807, 2.05) is 0 Å². The molecule has 1 unspecified atom stereocenters. The van der Waals surface area contributed by atoms with Crippen LogP contribution in [-0.2, 0) is 22.7 Å². The van der Waals surface area contributed by atoms with E-state index in [0.717, 1.165) is 0 Å². The van der Waals surface area contributed by atoms with Gasteiger partial charge in [0.1, 0.15) is 5.82 Å². The van der Waals surface area contributed by atoms with Crippen molar-refractivity contribution in [2.24, 2.45) is 5.73 Å². The van der Waals surface area contributed by atoms with Crippen LogP contribution in [0.5, 0.6) is 0 Å². The molecule has 0 aromatic heterocycles. The quantitative estimate of drug-likeness (QED) is 0.693. The number of hydrogen-bond acceptors (Lipinski definition) is 4. The van der Waals surface area contributed by atoms with Crippen LogP contribution in [-0.4, -0.2) is 30.8 Å². The Balaban J connectivity index is 0.00000361. The molecule has 0 saturated carbocycles. The first kappa shape index (κ1) is 18.8.